The van der Waals surface area contributed by atoms with E-state index in [-0.39, 0.29) is 11.8 Å². The Hall–Kier alpha value is -2.41. The highest BCUT2D eigenvalue weighted by Crippen LogP contribution is 2.26. The second-order valence-electron chi connectivity index (χ2n) is 9.46. The molecule has 7 nitrogen and oxygen atoms in total. The average molecular weight is 474 g/mol. The van der Waals surface area contributed by atoms with Crippen LogP contribution in [0.3, 0.4) is 0 Å². The number of nitrogens with zero attached hydrogens (tertiary/aromatic N) is 1. The molecule has 0 radical (unpaired) electrons. The zero-order valence-corrected chi connectivity index (χ0v) is 21.1. The molecule has 2 amide bonds. The number of aryl methyl sites for hydroxylation is 2. The van der Waals surface area contributed by atoms with E-state index in [1.54, 1.807) is 7.05 Å². The SMILES string of the molecule is CCCCc1ccc(CCC(CC(CCCC)C(=O)O)C(=O)N2NCCCC2C(=O)NC)cc1. The second-order valence-corrected chi connectivity index (χ2v) is 9.46. The molecule has 3 atom stereocenters. The molecule has 1 aromatic carbocycles. The quantitative estimate of drug-likeness (QED) is 0.378. The first kappa shape index (κ1) is 27.8. The van der Waals surface area contributed by atoms with Crippen LogP contribution in [0.2, 0.25) is 0 Å². The van der Waals surface area contributed by atoms with Crippen LogP contribution in [-0.4, -0.2) is 47.5 Å². The van der Waals surface area contributed by atoms with Crippen LogP contribution in [-0.2, 0) is 27.2 Å². The number of nitrogens with one attached hydrogen (secondary N) is 2. The zero-order chi connectivity index (χ0) is 24.9. The summed E-state index contributed by atoms with van der Waals surface area (Å²) in [7, 11) is 1.58. The van der Waals surface area contributed by atoms with Gasteiger partial charge in [0.25, 0.3) is 0 Å². The normalized spacial score (nSPS) is 17.7. The molecule has 190 valence electrons. The number of carboxylic acids is 1. The number of aliphatic carboxylic acids is 1. The van der Waals surface area contributed by atoms with Crippen molar-refractivity contribution in [2.45, 2.75) is 90.5 Å². The number of hydrogen-bond donors (Lipinski definition) is 3. The maximum atomic E-state index is 13.6. The molecule has 7 heteroatoms. The van der Waals surface area contributed by atoms with Gasteiger partial charge in [-0.15, -0.1) is 0 Å². The van der Waals surface area contributed by atoms with Crippen molar-refractivity contribution in [1.82, 2.24) is 15.8 Å². The Morgan fingerprint density at radius 2 is 1.68 bits per heavy atom. The summed E-state index contributed by atoms with van der Waals surface area (Å²) >= 11 is 0. The summed E-state index contributed by atoms with van der Waals surface area (Å²) in [5.41, 5.74) is 5.57. The third-order valence-corrected chi connectivity index (χ3v) is 6.83. The Bertz CT molecular complexity index is 781. The van der Waals surface area contributed by atoms with E-state index in [1.807, 2.05) is 6.92 Å². The number of hydrogen-bond acceptors (Lipinski definition) is 4. The largest absolute Gasteiger partial charge is 0.481 e. The molecule has 3 N–H and O–H groups in total. The lowest BCUT2D eigenvalue weighted by molar-refractivity contribution is -0.151. The summed E-state index contributed by atoms with van der Waals surface area (Å²) in [6.45, 7) is 4.85. The molecule has 2 rings (SSSR count). The first-order chi connectivity index (χ1) is 16.4. The molecule has 1 saturated heterocycles. The Labute approximate surface area is 204 Å². The summed E-state index contributed by atoms with van der Waals surface area (Å²) in [4.78, 5) is 38.0. The van der Waals surface area contributed by atoms with Crippen molar-refractivity contribution in [3.63, 3.8) is 0 Å². The van der Waals surface area contributed by atoms with Crippen LogP contribution in [0.5, 0.6) is 0 Å². The summed E-state index contributed by atoms with van der Waals surface area (Å²) in [6, 6.07) is 7.97. The topological polar surface area (TPSA) is 98.7 Å². The van der Waals surface area contributed by atoms with Gasteiger partial charge in [0.1, 0.15) is 6.04 Å². The number of rotatable bonds is 14. The number of hydrazine groups is 1. The highest BCUT2D eigenvalue weighted by atomic mass is 16.4. The van der Waals surface area contributed by atoms with E-state index in [2.05, 4.69) is 41.9 Å². The van der Waals surface area contributed by atoms with Crippen LogP contribution in [0.4, 0.5) is 0 Å². The fraction of sp³-hybridized carbons (Fsp3) is 0.667. The van der Waals surface area contributed by atoms with Crippen molar-refractivity contribution in [1.29, 1.82) is 0 Å². The number of benzene rings is 1. The van der Waals surface area contributed by atoms with Crippen molar-refractivity contribution in [2.75, 3.05) is 13.6 Å². The molecule has 3 unspecified atom stereocenters. The van der Waals surface area contributed by atoms with Crippen LogP contribution in [0.1, 0.15) is 82.8 Å². The zero-order valence-electron chi connectivity index (χ0n) is 21.1. The fourth-order valence-electron chi connectivity index (χ4n) is 4.65. The summed E-state index contributed by atoms with van der Waals surface area (Å²) in [5, 5.41) is 13.9. The van der Waals surface area contributed by atoms with Crippen molar-refractivity contribution < 1.29 is 19.5 Å². The lowest BCUT2D eigenvalue weighted by Gasteiger charge is -2.37. The van der Waals surface area contributed by atoms with Crippen LogP contribution in [0.25, 0.3) is 0 Å². The van der Waals surface area contributed by atoms with Gasteiger partial charge in [-0.25, -0.2) is 5.43 Å². The molecule has 0 saturated carbocycles. The van der Waals surface area contributed by atoms with Gasteiger partial charge in [0.2, 0.25) is 11.8 Å². The minimum absolute atomic E-state index is 0.171. The molecule has 1 heterocycles. The third-order valence-electron chi connectivity index (χ3n) is 6.83. The van der Waals surface area contributed by atoms with E-state index >= 15 is 0 Å². The van der Waals surface area contributed by atoms with Gasteiger partial charge in [-0.05, 0) is 62.5 Å². The van der Waals surface area contributed by atoms with Gasteiger partial charge in [-0.3, -0.25) is 19.4 Å². The number of unbranched alkanes of at least 4 members (excludes halogenated alkanes) is 2. The highest BCUT2D eigenvalue weighted by Gasteiger charge is 2.37. The van der Waals surface area contributed by atoms with Gasteiger partial charge in [0.15, 0.2) is 0 Å². The molecule has 1 aliphatic rings. The molecule has 34 heavy (non-hydrogen) atoms. The predicted octanol–water partition coefficient (Wildman–Crippen LogP) is 4.10. The molecule has 1 aromatic rings. The molecular formula is C27H43N3O4. The Morgan fingerprint density at radius 1 is 1.03 bits per heavy atom. The minimum Gasteiger partial charge on any atom is -0.481 e. The summed E-state index contributed by atoms with van der Waals surface area (Å²) in [5.74, 6) is -2.23. The first-order valence-electron chi connectivity index (χ1n) is 13.0. The number of amides is 2. The van der Waals surface area contributed by atoms with E-state index in [4.69, 9.17) is 0 Å². The smallest absolute Gasteiger partial charge is 0.306 e. The van der Waals surface area contributed by atoms with Crippen molar-refractivity contribution in [2.24, 2.45) is 11.8 Å². The highest BCUT2D eigenvalue weighted by molar-refractivity contribution is 5.88. The van der Waals surface area contributed by atoms with Gasteiger partial charge >= 0.3 is 5.97 Å². The van der Waals surface area contributed by atoms with Crippen molar-refractivity contribution in [3.8, 4) is 0 Å². The predicted molar refractivity (Wildman–Crippen MR) is 134 cm³/mol. The lowest BCUT2D eigenvalue weighted by atomic mass is 9.85. The third kappa shape index (κ3) is 8.42. The average Bonchev–Trinajstić information content (AvgIpc) is 2.86. The number of carboxylic acid groups (broad SMARTS) is 1. The van der Waals surface area contributed by atoms with E-state index in [9.17, 15) is 19.5 Å². The molecule has 1 aliphatic heterocycles. The van der Waals surface area contributed by atoms with Crippen LogP contribution in [0, 0.1) is 11.8 Å². The summed E-state index contributed by atoms with van der Waals surface area (Å²) in [6.07, 6.45) is 8.65. The van der Waals surface area contributed by atoms with Gasteiger partial charge in [-0.2, -0.15) is 0 Å². The van der Waals surface area contributed by atoms with E-state index < -0.39 is 23.8 Å². The molecule has 0 bridgehead atoms. The molecule has 1 fully saturated rings. The van der Waals surface area contributed by atoms with Crippen molar-refractivity contribution in [3.05, 3.63) is 35.4 Å². The summed E-state index contributed by atoms with van der Waals surface area (Å²) < 4.78 is 0. The van der Waals surface area contributed by atoms with E-state index in [0.717, 1.165) is 37.7 Å². The Kier molecular flexibility index (Phi) is 12.1. The van der Waals surface area contributed by atoms with Crippen LogP contribution >= 0.6 is 0 Å². The number of carbonyl (C=O) groups is 3. The maximum Gasteiger partial charge on any atom is 0.306 e. The first-order valence-corrected chi connectivity index (χ1v) is 13.0. The lowest BCUT2D eigenvalue weighted by Crippen LogP contribution is -2.59. The number of likely N-dealkylation sites (N-methyl/N-ethyl adjacent to an activating group) is 1. The van der Waals surface area contributed by atoms with Crippen LogP contribution in [0.15, 0.2) is 24.3 Å². The van der Waals surface area contributed by atoms with Gasteiger partial charge in [0.05, 0.1) is 5.92 Å². The van der Waals surface area contributed by atoms with Crippen LogP contribution < -0.4 is 10.7 Å². The molecule has 0 aromatic heterocycles. The van der Waals surface area contributed by atoms with Crippen molar-refractivity contribution >= 4 is 17.8 Å². The molecular weight excluding hydrogens is 430 g/mol. The fourth-order valence-corrected chi connectivity index (χ4v) is 4.65. The Balaban J connectivity index is 2.17. The van der Waals surface area contributed by atoms with Gasteiger partial charge in [0, 0.05) is 19.5 Å². The molecule has 0 aliphatic carbocycles. The Morgan fingerprint density at radius 3 is 2.26 bits per heavy atom. The second kappa shape index (κ2) is 14.8. The van der Waals surface area contributed by atoms with Gasteiger partial charge < -0.3 is 10.4 Å². The van der Waals surface area contributed by atoms with E-state index in [0.29, 0.717) is 38.6 Å². The monoisotopic (exact) mass is 473 g/mol. The van der Waals surface area contributed by atoms with E-state index in [1.165, 1.54) is 17.0 Å². The standard InChI is InChI=1S/C27H43N3O4/c1-4-6-9-20-12-14-21(15-13-20)16-17-22(19-23(27(33)34)10-7-5-2)26(32)30-24(25(31)28-3)11-8-18-29-30/h12-15,22-24,29H,4-11,16-19H2,1-3H3,(H,28,31)(H,33,34). The number of carbonyl (C=O) groups excluding carboxylic acids is 2. The molecule has 0 spiro atoms. The van der Waals surface area contributed by atoms with Gasteiger partial charge in [-0.1, -0.05) is 57.4 Å². The minimum atomic E-state index is -0.846. The maximum absolute atomic E-state index is 13.6.